The maximum absolute atomic E-state index is 11.6. The van der Waals surface area contributed by atoms with E-state index >= 15 is 0 Å². The van der Waals surface area contributed by atoms with Gasteiger partial charge in [0.2, 0.25) is 0 Å². The molecule has 0 saturated heterocycles. The smallest absolute Gasteiger partial charge is 0.310 e. The molecule has 0 aromatic rings. The minimum Gasteiger partial charge on any atom is -0.469 e. The van der Waals surface area contributed by atoms with E-state index < -0.39 is 0 Å². The second-order valence-corrected chi connectivity index (χ2v) is 5.70. The number of nitrogens with one attached hydrogen (secondary N) is 1. The van der Waals surface area contributed by atoms with Gasteiger partial charge in [0.1, 0.15) is 0 Å². The maximum Gasteiger partial charge on any atom is 0.310 e. The molecule has 1 fully saturated rings. The lowest BCUT2D eigenvalue weighted by molar-refractivity contribution is -0.147. The molecular formula is C12H24N2O2. The first kappa shape index (κ1) is 13.5. The third kappa shape index (κ3) is 3.76. The molecule has 4 heteroatoms. The molecule has 3 unspecified atom stereocenters. The van der Waals surface area contributed by atoms with Crippen LogP contribution in [0, 0.1) is 5.92 Å². The molecule has 1 saturated carbocycles. The molecule has 0 heterocycles. The standard InChI is InChI=1S/C12H24N2O2/c1-12(2,3)14-8-5-6-10(13)9(7-8)11(15)16-4/h8-10,14H,5-7,13H2,1-4H3. The monoisotopic (exact) mass is 228 g/mol. The Morgan fingerprint density at radius 2 is 2.00 bits per heavy atom. The quantitative estimate of drug-likeness (QED) is 0.693. The van der Waals surface area contributed by atoms with E-state index in [9.17, 15) is 4.79 Å². The van der Waals surface area contributed by atoms with E-state index in [2.05, 4.69) is 26.1 Å². The second-order valence-electron chi connectivity index (χ2n) is 5.70. The van der Waals surface area contributed by atoms with Crippen LogP contribution in [0.4, 0.5) is 0 Å². The fraction of sp³-hybridized carbons (Fsp3) is 0.917. The summed E-state index contributed by atoms with van der Waals surface area (Å²) in [6, 6.07) is 0.314. The van der Waals surface area contributed by atoms with Gasteiger partial charge < -0.3 is 15.8 Å². The first-order valence-corrected chi connectivity index (χ1v) is 5.94. The summed E-state index contributed by atoms with van der Waals surface area (Å²) in [5.41, 5.74) is 6.03. The van der Waals surface area contributed by atoms with Gasteiger partial charge in [0.25, 0.3) is 0 Å². The zero-order valence-corrected chi connectivity index (χ0v) is 10.7. The van der Waals surface area contributed by atoms with Crippen molar-refractivity contribution in [3.05, 3.63) is 0 Å². The summed E-state index contributed by atoms with van der Waals surface area (Å²) in [6.45, 7) is 6.40. The van der Waals surface area contributed by atoms with Crippen LogP contribution in [0.1, 0.15) is 40.0 Å². The Bertz CT molecular complexity index is 248. The van der Waals surface area contributed by atoms with Crippen LogP contribution >= 0.6 is 0 Å². The molecule has 3 atom stereocenters. The van der Waals surface area contributed by atoms with E-state index in [-0.39, 0.29) is 23.5 Å². The molecule has 0 aromatic heterocycles. The lowest BCUT2D eigenvalue weighted by Gasteiger charge is -2.36. The van der Waals surface area contributed by atoms with Crippen molar-refractivity contribution < 1.29 is 9.53 Å². The van der Waals surface area contributed by atoms with Gasteiger partial charge in [-0.25, -0.2) is 0 Å². The number of hydrogen-bond donors (Lipinski definition) is 2. The topological polar surface area (TPSA) is 64.3 Å². The van der Waals surface area contributed by atoms with E-state index in [0.29, 0.717) is 6.04 Å². The van der Waals surface area contributed by atoms with Crippen molar-refractivity contribution in [2.75, 3.05) is 7.11 Å². The summed E-state index contributed by atoms with van der Waals surface area (Å²) in [6.07, 6.45) is 2.70. The largest absolute Gasteiger partial charge is 0.469 e. The minimum atomic E-state index is -0.173. The second kappa shape index (κ2) is 5.15. The van der Waals surface area contributed by atoms with Gasteiger partial charge in [-0.1, -0.05) is 0 Å². The summed E-state index contributed by atoms with van der Waals surface area (Å²) < 4.78 is 4.79. The molecule has 0 aliphatic heterocycles. The van der Waals surface area contributed by atoms with E-state index in [4.69, 9.17) is 10.5 Å². The number of methoxy groups -OCH3 is 1. The van der Waals surface area contributed by atoms with Crippen LogP contribution in [0.2, 0.25) is 0 Å². The molecule has 0 bridgehead atoms. The van der Waals surface area contributed by atoms with Crippen molar-refractivity contribution in [3.63, 3.8) is 0 Å². The fourth-order valence-corrected chi connectivity index (χ4v) is 2.36. The zero-order valence-electron chi connectivity index (χ0n) is 10.7. The van der Waals surface area contributed by atoms with Crippen molar-refractivity contribution in [1.82, 2.24) is 5.32 Å². The van der Waals surface area contributed by atoms with Gasteiger partial charge >= 0.3 is 5.97 Å². The molecule has 0 aromatic carbocycles. The van der Waals surface area contributed by atoms with E-state index in [0.717, 1.165) is 19.3 Å². The molecular weight excluding hydrogens is 204 g/mol. The first-order valence-electron chi connectivity index (χ1n) is 5.94. The highest BCUT2D eigenvalue weighted by Gasteiger charge is 2.34. The van der Waals surface area contributed by atoms with Crippen LogP contribution in [-0.2, 0) is 9.53 Å². The molecule has 1 aliphatic carbocycles. The lowest BCUT2D eigenvalue weighted by atomic mass is 9.81. The van der Waals surface area contributed by atoms with Gasteiger partial charge in [0.15, 0.2) is 0 Å². The van der Waals surface area contributed by atoms with Crippen molar-refractivity contribution >= 4 is 5.97 Å². The summed E-state index contributed by atoms with van der Waals surface area (Å²) in [4.78, 5) is 11.6. The number of nitrogens with two attached hydrogens (primary N) is 1. The van der Waals surface area contributed by atoms with Crippen LogP contribution in [0.25, 0.3) is 0 Å². The highest BCUT2D eigenvalue weighted by molar-refractivity contribution is 5.73. The number of carbonyl (C=O) groups excluding carboxylic acids is 1. The summed E-state index contributed by atoms with van der Waals surface area (Å²) >= 11 is 0. The molecule has 0 radical (unpaired) electrons. The summed E-state index contributed by atoms with van der Waals surface area (Å²) in [5.74, 6) is -0.327. The van der Waals surface area contributed by atoms with Crippen molar-refractivity contribution in [1.29, 1.82) is 0 Å². The number of hydrogen-bond acceptors (Lipinski definition) is 4. The van der Waals surface area contributed by atoms with Crippen molar-refractivity contribution in [2.24, 2.45) is 11.7 Å². The van der Waals surface area contributed by atoms with E-state index in [1.54, 1.807) is 0 Å². The molecule has 0 spiro atoms. The van der Waals surface area contributed by atoms with Gasteiger partial charge in [0, 0.05) is 17.6 Å². The van der Waals surface area contributed by atoms with Gasteiger partial charge in [0.05, 0.1) is 13.0 Å². The van der Waals surface area contributed by atoms with Gasteiger partial charge in [-0.15, -0.1) is 0 Å². The maximum atomic E-state index is 11.6. The number of ether oxygens (including phenoxy) is 1. The molecule has 0 amide bonds. The predicted molar refractivity (Wildman–Crippen MR) is 64.0 cm³/mol. The zero-order chi connectivity index (χ0) is 12.3. The van der Waals surface area contributed by atoms with Crippen molar-refractivity contribution in [2.45, 2.75) is 57.7 Å². The van der Waals surface area contributed by atoms with Crippen molar-refractivity contribution in [3.8, 4) is 0 Å². The molecule has 1 aliphatic rings. The van der Waals surface area contributed by atoms with Crippen LogP contribution in [0.3, 0.4) is 0 Å². The number of esters is 1. The Morgan fingerprint density at radius 3 is 2.50 bits per heavy atom. The highest BCUT2D eigenvalue weighted by atomic mass is 16.5. The molecule has 4 nitrogen and oxygen atoms in total. The third-order valence-electron chi connectivity index (χ3n) is 3.04. The van der Waals surface area contributed by atoms with Gasteiger partial charge in [-0.3, -0.25) is 4.79 Å². The molecule has 3 N–H and O–H groups in total. The van der Waals surface area contributed by atoms with Crippen LogP contribution in [0.15, 0.2) is 0 Å². The van der Waals surface area contributed by atoms with E-state index in [1.165, 1.54) is 7.11 Å². The Hall–Kier alpha value is -0.610. The Labute approximate surface area is 97.9 Å². The van der Waals surface area contributed by atoms with E-state index in [1.807, 2.05) is 0 Å². The average molecular weight is 228 g/mol. The number of rotatable bonds is 2. The lowest BCUT2D eigenvalue weighted by Crippen LogP contribution is -2.51. The van der Waals surface area contributed by atoms with Crippen LogP contribution < -0.4 is 11.1 Å². The average Bonchev–Trinajstić information content (AvgIpc) is 2.18. The fourth-order valence-electron chi connectivity index (χ4n) is 2.36. The van der Waals surface area contributed by atoms with Gasteiger partial charge in [-0.2, -0.15) is 0 Å². The summed E-state index contributed by atoms with van der Waals surface area (Å²) in [7, 11) is 1.43. The van der Waals surface area contributed by atoms with Crippen LogP contribution in [-0.4, -0.2) is 30.7 Å². The summed E-state index contributed by atoms with van der Waals surface area (Å²) in [5, 5.41) is 3.52. The normalized spacial score (nSPS) is 31.2. The molecule has 16 heavy (non-hydrogen) atoms. The predicted octanol–water partition coefficient (Wildman–Crippen LogP) is 1.04. The molecule has 1 rings (SSSR count). The minimum absolute atomic E-state index is 0.0505. The Kier molecular flexibility index (Phi) is 4.33. The van der Waals surface area contributed by atoms with Gasteiger partial charge in [-0.05, 0) is 40.0 Å². The molecule has 94 valence electrons. The number of carbonyl (C=O) groups is 1. The first-order chi connectivity index (χ1) is 7.33. The SMILES string of the molecule is COC(=O)C1CC(NC(C)(C)C)CCC1N. The Morgan fingerprint density at radius 1 is 1.38 bits per heavy atom. The highest BCUT2D eigenvalue weighted by Crippen LogP contribution is 2.25. The third-order valence-corrected chi connectivity index (χ3v) is 3.04. The Balaban J connectivity index is 2.57. The van der Waals surface area contributed by atoms with Crippen LogP contribution in [0.5, 0.6) is 0 Å².